The van der Waals surface area contributed by atoms with E-state index in [1.165, 1.54) is 18.0 Å². The molecule has 1 aliphatic rings. The van der Waals surface area contributed by atoms with E-state index < -0.39 is 17.8 Å². The third kappa shape index (κ3) is 6.27. The first-order valence-electron chi connectivity index (χ1n) is 12.4. The third-order valence-electron chi connectivity index (χ3n) is 6.13. The minimum atomic E-state index is -0.793. The molecule has 0 radical (unpaired) electrons. The highest BCUT2D eigenvalue weighted by Gasteiger charge is 2.36. The van der Waals surface area contributed by atoms with Crippen LogP contribution in [0.2, 0.25) is 0 Å². The lowest BCUT2D eigenvalue weighted by Gasteiger charge is -2.28. The van der Waals surface area contributed by atoms with Crippen LogP contribution in [0.25, 0.3) is 0 Å². The van der Waals surface area contributed by atoms with Crippen molar-refractivity contribution in [3.05, 3.63) is 106 Å². The summed E-state index contributed by atoms with van der Waals surface area (Å²) in [5, 5.41) is 16.6. The van der Waals surface area contributed by atoms with E-state index in [9.17, 15) is 19.6 Å². The summed E-state index contributed by atoms with van der Waals surface area (Å²) < 4.78 is 15.8. The van der Waals surface area contributed by atoms with E-state index in [-0.39, 0.29) is 23.7 Å². The van der Waals surface area contributed by atoms with Gasteiger partial charge in [-0.1, -0.05) is 11.8 Å². The predicted molar refractivity (Wildman–Crippen MR) is 151 cm³/mol. The largest absolute Gasteiger partial charge is 0.497 e. The molecule has 1 aromatic heterocycles. The van der Waals surface area contributed by atoms with Gasteiger partial charge in [0.25, 0.3) is 5.91 Å². The van der Waals surface area contributed by atoms with Gasteiger partial charge in [0.2, 0.25) is 0 Å². The Morgan fingerprint density at radius 2 is 1.77 bits per heavy atom. The number of methoxy groups -OCH3 is 1. The number of carbonyl (C=O) groups is 3. The zero-order chi connectivity index (χ0) is 28.6. The number of nitrogens with one attached hydrogen (secondary N) is 2. The Labute approximate surface area is 235 Å². The van der Waals surface area contributed by atoms with Crippen molar-refractivity contribution in [1.82, 2.24) is 5.32 Å². The van der Waals surface area contributed by atoms with E-state index >= 15 is 0 Å². The molecule has 2 aromatic carbocycles. The number of carbonyl (C=O) groups excluding carboxylic acids is 3. The highest BCUT2D eigenvalue weighted by Crippen LogP contribution is 2.41. The fraction of sp³-hybridized carbons (Fsp3) is 0.200. The molecule has 204 valence electrons. The van der Waals surface area contributed by atoms with Crippen molar-refractivity contribution in [2.45, 2.75) is 19.8 Å². The summed E-state index contributed by atoms with van der Waals surface area (Å²) in [6.45, 7) is 3.72. The Kier molecular flexibility index (Phi) is 9.09. The smallest absolute Gasteiger partial charge is 0.338 e. The Bertz CT molecular complexity index is 1500. The average Bonchev–Trinajstić information content (AvgIpc) is 3.50. The number of nitrogens with zero attached hydrogens (tertiary/aromatic N) is 1. The lowest BCUT2D eigenvalue weighted by molar-refractivity contribution is -0.113. The maximum absolute atomic E-state index is 13.5. The first-order valence-corrected chi connectivity index (χ1v) is 13.4. The minimum absolute atomic E-state index is 0.0757. The summed E-state index contributed by atoms with van der Waals surface area (Å²) in [6.07, 6.45) is 1.48. The van der Waals surface area contributed by atoms with E-state index in [4.69, 9.17) is 13.9 Å². The molecule has 1 atom stereocenters. The standard InChI is InChI=1S/C30H27N3O6S/c1-4-38-30(36)20-7-11-21(12-8-20)33-28(35)26-18(2)32-29(23(16-31)27(26)25-6-5-15-39-25)40-17-24(34)19-9-13-22(37-3)14-10-19/h5-15,27,32H,4,17H2,1-3H3,(H,33,35). The van der Waals surface area contributed by atoms with Gasteiger partial charge in [-0.2, -0.15) is 5.26 Å². The number of allylic oxidation sites excluding steroid dienone is 2. The van der Waals surface area contributed by atoms with Gasteiger partial charge in [-0.3, -0.25) is 9.59 Å². The molecular weight excluding hydrogens is 530 g/mol. The summed E-state index contributed by atoms with van der Waals surface area (Å²) in [5.41, 5.74) is 2.42. The SMILES string of the molecule is CCOC(=O)c1ccc(NC(=O)C2=C(C)NC(SCC(=O)c3ccc(OC)cc3)=C(C#N)C2c2ccco2)cc1. The van der Waals surface area contributed by atoms with E-state index in [1.807, 2.05) is 0 Å². The van der Waals surface area contributed by atoms with Crippen molar-refractivity contribution in [2.75, 3.05) is 24.8 Å². The molecule has 9 nitrogen and oxygen atoms in total. The fourth-order valence-electron chi connectivity index (χ4n) is 4.17. The van der Waals surface area contributed by atoms with Crippen molar-refractivity contribution in [2.24, 2.45) is 0 Å². The second kappa shape index (κ2) is 12.9. The molecule has 2 heterocycles. The molecule has 0 fully saturated rings. The Morgan fingerprint density at radius 3 is 2.38 bits per heavy atom. The number of thioether (sulfide) groups is 1. The fourth-order valence-corrected chi connectivity index (χ4v) is 5.15. The number of hydrogen-bond acceptors (Lipinski definition) is 9. The Balaban J connectivity index is 1.57. The summed E-state index contributed by atoms with van der Waals surface area (Å²) in [4.78, 5) is 38.3. The number of esters is 1. The zero-order valence-corrected chi connectivity index (χ0v) is 23.0. The lowest BCUT2D eigenvalue weighted by atomic mass is 9.85. The second-order valence-corrected chi connectivity index (χ2v) is 9.64. The molecule has 0 saturated carbocycles. The van der Waals surface area contributed by atoms with Crippen LogP contribution in [0.4, 0.5) is 5.69 Å². The number of benzene rings is 2. The average molecular weight is 558 g/mol. The van der Waals surface area contributed by atoms with Gasteiger partial charge in [0.15, 0.2) is 5.78 Å². The molecule has 4 rings (SSSR count). The first-order chi connectivity index (χ1) is 19.4. The van der Waals surface area contributed by atoms with Gasteiger partial charge in [-0.15, -0.1) is 0 Å². The predicted octanol–water partition coefficient (Wildman–Crippen LogP) is 5.42. The van der Waals surface area contributed by atoms with Gasteiger partial charge in [-0.25, -0.2) is 4.79 Å². The Hall–Kier alpha value is -4.75. The van der Waals surface area contributed by atoms with Gasteiger partial charge in [-0.05, 0) is 74.5 Å². The number of hydrogen-bond donors (Lipinski definition) is 2. The minimum Gasteiger partial charge on any atom is -0.497 e. The number of amides is 1. The van der Waals surface area contributed by atoms with Crippen molar-refractivity contribution in [3.63, 3.8) is 0 Å². The number of Topliss-reactive ketones (excluding diaryl/α,β-unsaturated/α-hetero) is 1. The molecule has 3 aromatic rings. The van der Waals surface area contributed by atoms with Gasteiger partial charge in [0, 0.05) is 16.9 Å². The van der Waals surface area contributed by atoms with E-state index in [1.54, 1.807) is 81.6 Å². The number of ether oxygens (including phenoxy) is 2. The normalized spacial score (nSPS) is 14.7. The first kappa shape index (κ1) is 28.3. The molecule has 0 saturated heterocycles. The summed E-state index contributed by atoms with van der Waals surface area (Å²) in [6, 6.07) is 18.7. The van der Waals surface area contributed by atoms with Crippen LogP contribution in [0.3, 0.4) is 0 Å². The maximum atomic E-state index is 13.5. The van der Waals surface area contributed by atoms with Crippen molar-refractivity contribution in [1.29, 1.82) is 5.26 Å². The van der Waals surface area contributed by atoms with Crippen molar-refractivity contribution < 1.29 is 28.3 Å². The topological polar surface area (TPSA) is 131 Å². The summed E-state index contributed by atoms with van der Waals surface area (Å²) in [7, 11) is 1.55. The molecule has 0 spiro atoms. The van der Waals surface area contributed by atoms with Gasteiger partial charge < -0.3 is 24.5 Å². The van der Waals surface area contributed by atoms with Gasteiger partial charge in [0.05, 0.1) is 59.5 Å². The van der Waals surface area contributed by atoms with E-state index in [0.29, 0.717) is 44.6 Å². The van der Waals surface area contributed by atoms with Crippen LogP contribution in [0.1, 0.15) is 46.2 Å². The van der Waals surface area contributed by atoms with Crippen molar-refractivity contribution in [3.8, 4) is 11.8 Å². The summed E-state index contributed by atoms with van der Waals surface area (Å²) in [5.74, 6) is -0.667. The number of dihydropyridines is 1. The van der Waals surface area contributed by atoms with Gasteiger partial charge in [0.1, 0.15) is 11.5 Å². The zero-order valence-electron chi connectivity index (χ0n) is 22.1. The highest BCUT2D eigenvalue weighted by atomic mass is 32.2. The van der Waals surface area contributed by atoms with Crippen LogP contribution in [0, 0.1) is 11.3 Å². The molecule has 1 amide bonds. The number of rotatable bonds is 10. The number of anilines is 1. The molecule has 1 aliphatic heterocycles. The summed E-state index contributed by atoms with van der Waals surface area (Å²) >= 11 is 1.19. The van der Waals surface area contributed by atoms with Crippen LogP contribution in [-0.2, 0) is 9.53 Å². The quantitative estimate of drug-likeness (QED) is 0.248. The van der Waals surface area contributed by atoms with Crippen LogP contribution in [-0.4, -0.2) is 37.1 Å². The molecule has 0 aliphatic carbocycles. The maximum Gasteiger partial charge on any atom is 0.338 e. The van der Waals surface area contributed by atoms with Crippen molar-refractivity contribution >= 4 is 35.1 Å². The Morgan fingerprint density at radius 1 is 1.07 bits per heavy atom. The molecule has 40 heavy (non-hydrogen) atoms. The number of furan rings is 1. The number of ketones is 1. The van der Waals surface area contributed by atoms with Crippen LogP contribution >= 0.6 is 11.8 Å². The molecule has 1 unspecified atom stereocenters. The van der Waals surface area contributed by atoms with E-state index in [2.05, 4.69) is 16.7 Å². The van der Waals surface area contributed by atoms with E-state index in [0.717, 1.165) is 0 Å². The van der Waals surface area contributed by atoms with Crippen LogP contribution < -0.4 is 15.4 Å². The molecule has 10 heteroatoms. The molecule has 0 bridgehead atoms. The van der Waals surface area contributed by atoms with Crippen LogP contribution in [0.15, 0.2) is 93.2 Å². The molecular formula is C30H27N3O6S. The number of nitriles is 1. The monoisotopic (exact) mass is 557 g/mol. The van der Waals surface area contributed by atoms with Gasteiger partial charge >= 0.3 is 5.97 Å². The second-order valence-electron chi connectivity index (χ2n) is 8.66. The third-order valence-corrected chi connectivity index (χ3v) is 7.15. The highest BCUT2D eigenvalue weighted by molar-refractivity contribution is 8.03. The molecule has 2 N–H and O–H groups in total. The lowest BCUT2D eigenvalue weighted by Crippen LogP contribution is -2.30. The van der Waals surface area contributed by atoms with Crippen LogP contribution in [0.5, 0.6) is 5.75 Å².